The summed E-state index contributed by atoms with van der Waals surface area (Å²) in [7, 11) is 0. The average Bonchev–Trinajstić information content (AvgIpc) is 2.97. The first kappa shape index (κ1) is 11.9. The number of nitrogens with one attached hydrogen (secondary N) is 1. The third kappa shape index (κ3) is 3.19. The Balaban J connectivity index is 1.68. The van der Waals surface area contributed by atoms with Gasteiger partial charge in [0.15, 0.2) is 0 Å². The number of likely N-dealkylation sites (tertiary alicyclic amines) is 1. The maximum atomic E-state index is 11.9. The SMILES string of the molecule is CC(O)CCCN1CCC(NC2CC2)C1=O. The summed E-state index contributed by atoms with van der Waals surface area (Å²) in [5.41, 5.74) is 0. The molecule has 0 aromatic carbocycles. The predicted molar refractivity (Wildman–Crippen MR) is 62.1 cm³/mol. The molecule has 0 bridgehead atoms. The Hall–Kier alpha value is -0.610. The fourth-order valence-corrected chi connectivity index (χ4v) is 2.23. The lowest BCUT2D eigenvalue weighted by Gasteiger charge is -2.17. The molecule has 1 aliphatic heterocycles. The Bertz CT molecular complexity index is 251. The van der Waals surface area contributed by atoms with E-state index >= 15 is 0 Å². The minimum Gasteiger partial charge on any atom is -0.393 e. The van der Waals surface area contributed by atoms with Crippen LogP contribution in [0, 0.1) is 0 Å². The summed E-state index contributed by atoms with van der Waals surface area (Å²) in [4.78, 5) is 13.9. The summed E-state index contributed by atoms with van der Waals surface area (Å²) in [6, 6.07) is 0.672. The lowest BCUT2D eigenvalue weighted by molar-refractivity contribution is -0.129. The second-order valence-corrected chi connectivity index (χ2v) is 5.10. The Kier molecular flexibility index (Phi) is 3.82. The fourth-order valence-electron chi connectivity index (χ4n) is 2.23. The Morgan fingerprint density at radius 3 is 2.88 bits per heavy atom. The molecule has 2 rings (SSSR count). The topological polar surface area (TPSA) is 52.6 Å². The Morgan fingerprint density at radius 1 is 1.50 bits per heavy atom. The normalized spacial score (nSPS) is 27.5. The van der Waals surface area contributed by atoms with E-state index in [2.05, 4.69) is 5.32 Å². The number of aliphatic hydroxyl groups excluding tert-OH is 1. The third-order valence-corrected chi connectivity index (χ3v) is 3.36. The largest absolute Gasteiger partial charge is 0.393 e. The molecule has 92 valence electrons. The van der Waals surface area contributed by atoms with Crippen LogP contribution in [-0.4, -0.2) is 47.2 Å². The van der Waals surface area contributed by atoms with Crippen LogP contribution in [0.5, 0.6) is 0 Å². The second-order valence-electron chi connectivity index (χ2n) is 5.10. The lowest BCUT2D eigenvalue weighted by atomic mass is 10.2. The number of nitrogens with zero attached hydrogens (tertiary/aromatic N) is 1. The Morgan fingerprint density at radius 2 is 2.25 bits per heavy atom. The molecule has 1 heterocycles. The number of hydrogen-bond donors (Lipinski definition) is 2. The molecule has 2 fully saturated rings. The highest BCUT2D eigenvalue weighted by Crippen LogP contribution is 2.22. The molecule has 2 atom stereocenters. The molecule has 0 aromatic rings. The van der Waals surface area contributed by atoms with Crippen LogP contribution < -0.4 is 5.32 Å². The number of hydrogen-bond acceptors (Lipinski definition) is 3. The lowest BCUT2D eigenvalue weighted by Crippen LogP contribution is -2.39. The first-order chi connectivity index (χ1) is 7.66. The van der Waals surface area contributed by atoms with Crippen molar-refractivity contribution in [1.82, 2.24) is 10.2 Å². The zero-order chi connectivity index (χ0) is 11.5. The van der Waals surface area contributed by atoms with E-state index in [9.17, 15) is 4.79 Å². The highest BCUT2D eigenvalue weighted by molar-refractivity contribution is 5.84. The van der Waals surface area contributed by atoms with E-state index < -0.39 is 0 Å². The van der Waals surface area contributed by atoms with E-state index in [-0.39, 0.29) is 18.1 Å². The van der Waals surface area contributed by atoms with Crippen molar-refractivity contribution in [2.75, 3.05) is 13.1 Å². The van der Waals surface area contributed by atoms with Gasteiger partial charge < -0.3 is 15.3 Å². The first-order valence-corrected chi connectivity index (χ1v) is 6.39. The number of carbonyl (C=O) groups is 1. The molecule has 0 aromatic heterocycles. The van der Waals surface area contributed by atoms with Crippen LogP contribution in [0.4, 0.5) is 0 Å². The van der Waals surface area contributed by atoms with Crippen molar-refractivity contribution < 1.29 is 9.90 Å². The van der Waals surface area contributed by atoms with Crippen LogP contribution in [0.3, 0.4) is 0 Å². The second kappa shape index (κ2) is 5.15. The molecule has 16 heavy (non-hydrogen) atoms. The van der Waals surface area contributed by atoms with Crippen LogP contribution in [0.25, 0.3) is 0 Å². The van der Waals surface area contributed by atoms with E-state index in [1.807, 2.05) is 4.90 Å². The van der Waals surface area contributed by atoms with Gasteiger partial charge in [0.25, 0.3) is 0 Å². The number of rotatable bonds is 6. The van der Waals surface area contributed by atoms with Gasteiger partial charge in [-0.05, 0) is 39.0 Å². The number of carbonyl (C=O) groups excluding carboxylic acids is 1. The Labute approximate surface area is 97.0 Å². The zero-order valence-corrected chi connectivity index (χ0v) is 9.98. The summed E-state index contributed by atoms with van der Waals surface area (Å²) >= 11 is 0. The number of amides is 1. The van der Waals surface area contributed by atoms with E-state index in [0.717, 1.165) is 32.4 Å². The van der Waals surface area contributed by atoms with E-state index in [4.69, 9.17) is 5.11 Å². The minimum atomic E-state index is -0.252. The fraction of sp³-hybridized carbons (Fsp3) is 0.917. The molecule has 1 aliphatic carbocycles. The smallest absolute Gasteiger partial charge is 0.239 e. The molecule has 0 radical (unpaired) electrons. The molecule has 2 N–H and O–H groups in total. The van der Waals surface area contributed by atoms with Crippen molar-refractivity contribution in [1.29, 1.82) is 0 Å². The van der Waals surface area contributed by atoms with Crippen molar-refractivity contribution in [3.05, 3.63) is 0 Å². The minimum absolute atomic E-state index is 0.0686. The predicted octanol–water partition coefficient (Wildman–Crippen LogP) is 0.500. The molecule has 2 aliphatic rings. The van der Waals surface area contributed by atoms with E-state index in [1.165, 1.54) is 12.8 Å². The van der Waals surface area contributed by atoms with Crippen molar-refractivity contribution in [2.45, 2.75) is 57.2 Å². The van der Waals surface area contributed by atoms with Crippen LogP contribution in [0.2, 0.25) is 0 Å². The van der Waals surface area contributed by atoms with Gasteiger partial charge in [0.2, 0.25) is 5.91 Å². The van der Waals surface area contributed by atoms with Gasteiger partial charge in [-0.25, -0.2) is 0 Å². The van der Waals surface area contributed by atoms with Crippen molar-refractivity contribution in [2.24, 2.45) is 0 Å². The number of aliphatic hydroxyl groups is 1. The van der Waals surface area contributed by atoms with Crippen molar-refractivity contribution in [3.8, 4) is 0 Å². The van der Waals surface area contributed by atoms with Gasteiger partial charge in [0.05, 0.1) is 12.1 Å². The standard InChI is InChI=1S/C12H22N2O2/c1-9(15)3-2-7-14-8-6-11(12(14)16)13-10-4-5-10/h9-11,13,15H,2-8H2,1H3. The van der Waals surface area contributed by atoms with Gasteiger partial charge in [0, 0.05) is 19.1 Å². The molecule has 1 amide bonds. The quantitative estimate of drug-likeness (QED) is 0.693. The summed E-state index contributed by atoms with van der Waals surface area (Å²) in [5.74, 6) is 0.262. The van der Waals surface area contributed by atoms with Gasteiger partial charge in [0.1, 0.15) is 0 Å². The molecule has 1 saturated carbocycles. The van der Waals surface area contributed by atoms with Crippen LogP contribution >= 0.6 is 0 Å². The van der Waals surface area contributed by atoms with Crippen LogP contribution in [0.1, 0.15) is 39.0 Å². The molecule has 0 spiro atoms. The molecule has 2 unspecified atom stereocenters. The highest BCUT2D eigenvalue weighted by atomic mass is 16.3. The van der Waals surface area contributed by atoms with Crippen molar-refractivity contribution >= 4 is 5.91 Å². The summed E-state index contributed by atoms with van der Waals surface area (Å²) < 4.78 is 0. The maximum Gasteiger partial charge on any atom is 0.239 e. The van der Waals surface area contributed by atoms with Crippen LogP contribution in [-0.2, 0) is 4.79 Å². The molecule has 1 saturated heterocycles. The average molecular weight is 226 g/mol. The summed E-state index contributed by atoms with van der Waals surface area (Å²) in [5, 5.41) is 12.5. The molecular formula is C12H22N2O2. The molecular weight excluding hydrogens is 204 g/mol. The first-order valence-electron chi connectivity index (χ1n) is 6.39. The van der Waals surface area contributed by atoms with Gasteiger partial charge >= 0.3 is 0 Å². The van der Waals surface area contributed by atoms with Gasteiger partial charge in [-0.15, -0.1) is 0 Å². The molecule has 4 heteroatoms. The monoisotopic (exact) mass is 226 g/mol. The summed E-state index contributed by atoms with van der Waals surface area (Å²) in [6.45, 7) is 3.47. The van der Waals surface area contributed by atoms with Crippen LogP contribution in [0.15, 0.2) is 0 Å². The highest BCUT2D eigenvalue weighted by Gasteiger charge is 2.35. The van der Waals surface area contributed by atoms with Gasteiger partial charge in [-0.2, -0.15) is 0 Å². The van der Waals surface area contributed by atoms with Crippen molar-refractivity contribution in [3.63, 3.8) is 0 Å². The maximum absolute atomic E-state index is 11.9. The van der Waals surface area contributed by atoms with Gasteiger partial charge in [-0.3, -0.25) is 4.79 Å². The van der Waals surface area contributed by atoms with E-state index in [0.29, 0.717) is 6.04 Å². The third-order valence-electron chi connectivity index (χ3n) is 3.36. The molecule has 4 nitrogen and oxygen atoms in total. The van der Waals surface area contributed by atoms with Gasteiger partial charge in [-0.1, -0.05) is 0 Å². The van der Waals surface area contributed by atoms with E-state index in [1.54, 1.807) is 6.92 Å². The zero-order valence-electron chi connectivity index (χ0n) is 9.98. The summed E-state index contributed by atoms with van der Waals surface area (Å²) in [6.07, 6.45) is 4.84.